The second kappa shape index (κ2) is 5.70. The summed E-state index contributed by atoms with van der Waals surface area (Å²) >= 11 is 0. The molecule has 2 heterocycles. The SMILES string of the molecule is O=C(O)c1ccc2c(c1)NC(c1ccccc1)C1CCCOC21. The highest BCUT2D eigenvalue weighted by Gasteiger charge is 2.39. The molecule has 0 spiro atoms. The van der Waals surface area contributed by atoms with Crippen LogP contribution in [-0.2, 0) is 4.74 Å². The summed E-state index contributed by atoms with van der Waals surface area (Å²) in [5, 5.41) is 12.8. The molecule has 1 saturated heterocycles. The van der Waals surface area contributed by atoms with Crippen LogP contribution in [0.4, 0.5) is 5.69 Å². The van der Waals surface area contributed by atoms with Gasteiger partial charge in [0.05, 0.1) is 17.7 Å². The van der Waals surface area contributed by atoms with E-state index in [4.69, 9.17) is 4.74 Å². The van der Waals surface area contributed by atoms with Crippen LogP contribution in [0.2, 0.25) is 0 Å². The second-order valence-electron chi connectivity index (χ2n) is 6.24. The number of benzene rings is 2. The van der Waals surface area contributed by atoms with Gasteiger partial charge in [0.1, 0.15) is 0 Å². The van der Waals surface area contributed by atoms with Gasteiger partial charge in [-0.1, -0.05) is 36.4 Å². The number of fused-ring (bicyclic) bond motifs is 3. The van der Waals surface area contributed by atoms with Gasteiger partial charge in [-0.15, -0.1) is 0 Å². The minimum absolute atomic E-state index is 0.0352. The van der Waals surface area contributed by atoms with Crippen LogP contribution in [0.15, 0.2) is 48.5 Å². The monoisotopic (exact) mass is 309 g/mol. The van der Waals surface area contributed by atoms with Crippen LogP contribution in [0.5, 0.6) is 0 Å². The Balaban J connectivity index is 1.79. The van der Waals surface area contributed by atoms with Crippen LogP contribution in [0, 0.1) is 5.92 Å². The number of ether oxygens (including phenoxy) is 1. The Morgan fingerprint density at radius 3 is 2.78 bits per heavy atom. The van der Waals surface area contributed by atoms with E-state index in [0.29, 0.717) is 11.5 Å². The topological polar surface area (TPSA) is 58.6 Å². The van der Waals surface area contributed by atoms with Gasteiger partial charge in [0.2, 0.25) is 0 Å². The molecule has 3 unspecified atom stereocenters. The number of carbonyl (C=O) groups is 1. The van der Waals surface area contributed by atoms with Gasteiger partial charge in [-0.3, -0.25) is 0 Å². The zero-order chi connectivity index (χ0) is 15.8. The van der Waals surface area contributed by atoms with Gasteiger partial charge in [-0.05, 0) is 30.5 Å². The van der Waals surface area contributed by atoms with Gasteiger partial charge >= 0.3 is 5.97 Å². The van der Waals surface area contributed by atoms with E-state index >= 15 is 0 Å². The minimum Gasteiger partial charge on any atom is -0.478 e. The van der Waals surface area contributed by atoms with Crippen LogP contribution in [0.25, 0.3) is 0 Å². The molecular formula is C19H19NO3. The lowest BCUT2D eigenvalue weighted by Crippen LogP contribution is -2.36. The summed E-state index contributed by atoms with van der Waals surface area (Å²) in [6.45, 7) is 0.767. The van der Waals surface area contributed by atoms with Crippen LogP contribution in [0.1, 0.15) is 46.5 Å². The molecule has 2 N–H and O–H groups in total. The van der Waals surface area contributed by atoms with Crippen LogP contribution >= 0.6 is 0 Å². The van der Waals surface area contributed by atoms with Crippen LogP contribution in [0.3, 0.4) is 0 Å². The number of carboxylic acid groups (broad SMARTS) is 1. The molecule has 23 heavy (non-hydrogen) atoms. The molecule has 0 bridgehead atoms. The standard InChI is InChI=1S/C19H19NO3/c21-19(22)13-8-9-14-16(11-13)20-17(12-5-2-1-3-6-12)15-7-4-10-23-18(14)15/h1-3,5-6,8-9,11,15,17-18,20H,4,7,10H2,(H,21,22). The highest BCUT2D eigenvalue weighted by molar-refractivity contribution is 5.89. The van der Waals surface area contributed by atoms with Gasteiger partial charge in [0.15, 0.2) is 0 Å². The third-order valence-electron chi connectivity index (χ3n) is 4.87. The molecule has 2 aliphatic heterocycles. The molecule has 2 aliphatic rings. The summed E-state index contributed by atoms with van der Waals surface area (Å²) < 4.78 is 6.07. The number of carboxylic acids is 1. The summed E-state index contributed by atoms with van der Waals surface area (Å²) in [4.78, 5) is 11.3. The summed E-state index contributed by atoms with van der Waals surface area (Å²) in [7, 11) is 0. The average molecular weight is 309 g/mol. The number of aromatic carboxylic acids is 1. The molecule has 2 aromatic rings. The highest BCUT2D eigenvalue weighted by atomic mass is 16.5. The number of nitrogens with one attached hydrogen (secondary N) is 1. The number of hydrogen-bond acceptors (Lipinski definition) is 3. The summed E-state index contributed by atoms with van der Waals surface area (Å²) in [5.74, 6) is -0.535. The van der Waals surface area contributed by atoms with Crippen LogP contribution in [-0.4, -0.2) is 17.7 Å². The van der Waals surface area contributed by atoms with E-state index in [0.717, 1.165) is 30.7 Å². The first-order valence-electron chi connectivity index (χ1n) is 8.04. The maximum Gasteiger partial charge on any atom is 0.335 e. The van der Waals surface area contributed by atoms with E-state index < -0.39 is 5.97 Å². The molecule has 0 aromatic heterocycles. The minimum atomic E-state index is -0.905. The van der Waals surface area contributed by atoms with Crippen molar-refractivity contribution >= 4 is 11.7 Å². The van der Waals surface area contributed by atoms with E-state index in [1.807, 2.05) is 24.3 Å². The Morgan fingerprint density at radius 1 is 1.17 bits per heavy atom. The van der Waals surface area contributed by atoms with Crippen molar-refractivity contribution in [1.29, 1.82) is 0 Å². The van der Waals surface area contributed by atoms with Crippen molar-refractivity contribution in [3.05, 3.63) is 65.2 Å². The Labute approximate surface area is 135 Å². The van der Waals surface area contributed by atoms with E-state index in [9.17, 15) is 9.90 Å². The molecule has 4 heteroatoms. The molecule has 118 valence electrons. The predicted octanol–water partition coefficient (Wildman–Crippen LogP) is 4.02. The number of hydrogen-bond donors (Lipinski definition) is 2. The zero-order valence-electron chi connectivity index (χ0n) is 12.7. The normalized spacial score (nSPS) is 25.8. The molecule has 0 amide bonds. The van der Waals surface area contributed by atoms with E-state index in [1.54, 1.807) is 12.1 Å². The van der Waals surface area contributed by atoms with Gasteiger partial charge in [0.25, 0.3) is 0 Å². The van der Waals surface area contributed by atoms with E-state index in [2.05, 4.69) is 17.4 Å². The van der Waals surface area contributed by atoms with Crippen molar-refractivity contribution in [2.75, 3.05) is 11.9 Å². The smallest absolute Gasteiger partial charge is 0.335 e. The summed E-state index contributed by atoms with van der Waals surface area (Å²) in [5.41, 5.74) is 3.48. The first kappa shape index (κ1) is 14.3. The molecule has 2 aromatic carbocycles. The van der Waals surface area contributed by atoms with Crippen molar-refractivity contribution in [3.63, 3.8) is 0 Å². The molecule has 0 saturated carbocycles. The van der Waals surface area contributed by atoms with E-state index in [-0.39, 0.29) is 12.1 Å². The lowest BCUT2D eigenvalue weighted by molar-refractivity contribution is -0.0381. The largest absolute Gasteiger partial charge is 0.478 e. The van der Waals surface area contributed by atoms with Crippen molar-refractivity contribution in [3.8, 4) is 0 Å². The molecule has 4 rings (SSSR count). The fraction of sp³-hybridized carbons (Fsp3) is 0.316. The van der Waals surface area contributed by atoms with Gasteiger partial charge in [-0.25, -0.2) is 4.79 Å². The molecule has 4 nitrogen and oxygen atoms in total. The van der Waals surface area contributed by atoms with Crippen molar-refractivity contribution in [2.45, 2.75) is 25.0 Å². The van der Waals surface area contributed by atoms with Crippen LogP contribution < -0.4 is 5.32 Å². The van der Waals surface area contributed by atoms with E-state index in [1.165, 1.54) is 5.56 Å². The van der Waals surface area contributed by atoms with Gasteiger partial charge in [0, 0.05) is 23.8 Å². The first-order valence-corrected chi connectivity index (χ1v) is 8.04. The quantitative estimate of drug-likeness (QED) is 0.879. The zero-order valence-corrected chi connectivity index (χ0v) is 12.7. The average Bonchev–Trinajstić information content (AvgIpc) is 2.61. The Hall–Kier alpha value is -2.33. The van der Waals surface area contributed by atoms with Gasteiger partial charge < -0.3 is 15.2 Å². The van der Waals surface area contributed by atoms with Crippen molar-refractivity contribution in [1.82, 2.24) is 0 Å². The van der Waals surface area contributed by atoms with Crippen molar-refractivity contribution in [2.24, 2.45) is 5.92 Å². The fourth-order valence-electron chi connectivity index (χ4n) is 3.79. The number of anilines is 1. The van der Waals surface area contributed by atoms with Gasteiger partial charge in [-0.2, -0.15) is 0 Å². The first-order chi connectivity index (χ1) is 11.2. The predicted molar refractivity (Wildman–Crippen MR) is 87.6 cm³/mol. The molecule has 1 fully saturated rings. The maximum absolute atomic E-state index is 11.3. The fourth-order valence-corrected chi connectivity index (χ4v) is 3.79. The third-order valence-corrected chi connectivity index (χ3v) is 4.87. The molecular weight excluding hydrogens is 290 g/mol. The summed E-state index contributed by atoms with van der Waals surface area (Å²) in [6.07, 6.45) is 2.21. The highest BCUT2D eigenvalue weighted by Crippen LogP contribution is 2.49. The molecule has 0 radical (unpaired) electrons. The van der Waals surface area contributed by atoms with Crippen molar-refractivity contribution < 1.29 is 14.6 Å². The molecule has 0 aliphatic carbocycles. The lowest BCUT2D eigenvalue weighted by Gasteiger charge is -2.43. The maximum atomic E-state index is 11.3. The summed E-state index contributed by atoms with van der Waals surface area (Å²) in [6, 6.07) is 15.8. The lowest BCUT2D eigenvalue weighted by atomic mass is 9.77. The number of rotatable bonds is 2. The Bertz CT molecular complexity index is 729. The second-order valence-corrected chi connectivity index (χ2v) is 6.24. The Kier molecular flexibility index (Phi) is 3.54. The third kappa shape index (κ3) is 2.49. The Morgan fingerprint density at radius 2 is 2.00 bits per heavy atom. The molecule has 3 atom stereocenters.